The van der Waals surface area contributed by atoms with Crippen LogP contribution in [0.5, 0.6) is 0 Å². The van der Waals surface area contributed by atoms with Gasteiger partial charge in [0.2, 0.25) is 11.8 Å². The number of anilines is 1. The first-order valence-corrected chi connectivity index (χ1v) is 6.34. The van der Waals surface area contributed by atoms with Crippen LogP contribution >= 0.6 is 0 Å². The summed E-state index contributed by atoms with van der Waals surface area (Å²) < 4.78 is 0. The van der Waals surface area contributed by atoms with Crippen LogP contribution in [0.25, 0.3) is 0 Å². The van der Waals surface area contributed by atoms with Gasteiger partial charge in [0.25, 0.3) is 0 Å². The number of Topliss-reactive ketones (excluding diaryl/α,β-unsaturated/α-hetero) is 1. The van der Waals surface area contributed by atoms with E-state index in [1.807, 2.05) is 13.8 Å². The lowest BCUT2D eigenvalue weighted by Gasteiger charge is -2.20. The van der Waals surface area contributed by atoms with Gasteiger partial charge in [-0.25, -0.2) is 0 Å². The van der Waals surface area contributed by atoms with E-state index in [1.54, 1.807) is 24.3 Å². The summed E-state index contributed by atoms with van der Waals surface area (Å²) in [6, 6.07) is 6.61. The monoisotopic (exact) mass is 257 g/mol. The fourth-order valence-corrected chi connectivity index (χ4v) is 3.05. The number of hydrogen-bond acceptors (Lipinski definition) is 3. The van der Waals surface area contributed by atoms with Crippen LogP contribution in [0.2, 0.25) is 0 Å². The van der Waals surface area contributed by atoms with Gasteiger partial charge in [0.15, 0.2) is 5.78 Å². The molecule has 2 amide bonds. The maximum atomic E-state index is 12.2. The number of rotatable bonds is 2. The molecule has 4 heteroatoms. The molecular weight excluding hydrogens is 242 g/mol. The molecule has 1 aromatic carbocycles. The Bertz CT molecular complexity index is 576. The van der Waals surface area contributed by atoms with Crippen LogP contribution in [0.3, 0.4) is 0 Å². The van der Waals surface area contributed by atoms with E-state index in [0.29, 0.717) is 11.3 Å². The Morgan fingerprint density at radius 1 is 1.05 bits per heavy atom. The van der Waals surface area contributed by atoms with Crippen LogP contribution in [0.4, 0.5) is 5.69 Å². The van der Waals surface area contributed by atoms with Crippen molar-refractivity contribution in [2.75, 3.05) is 4.90 Å². The van der Waals surface area contributed by atoms with Crippen molar-refractivity contribution in [3.05, 3.63) is 29.8 Å². The highest BCUT2D eigenvalue weighted by molar-refractivity contribution is 6.25. The zero-order valence-corrected chi connectivity index (χ0v) is 11.1. The molecule has 1 saturated heterocycles. The third-order valence-electron chi connectivity index (χ3n) is 4.33. The van der Waals surface area contributed by atoms with Gasteiger partial charge in [-0.3, -0.25) is 19.3 Å². The maximum Gasteiger partial charge on any atom is 0.238 e. The second-order valence-electron chi connectivity index (χ2n) is 5.89. The molecule has 98 valence electrons. The van der Waals surface area contributed by atoms with E-state index in [1.165, 1.54) is 11.8 Å². The fourth-order valence-electron chi connectivity index (χ4n) is 3.05. The predicted octanol–water partition coefficient (Wildman–Crippen LogP) is 2.03. The molecule has 1 aromatic rings. The molecule has 0 radical (unpaired) electrons. The number of piperidine rings is 1. The summed E-state index contributed by atoms with van der Waals surface area (Å²) in [7, 11) is 0. The number of ketones is 1. The molecule has 19 heavy (non-hydrogen) atoms. The Labute approximate surface area is 111 Å². The van der Waals surface area contributed by atoms with Crippen LogP contribution in [0, 0.1) is 17.3 Å². The number of imide groups is 1. The van der Waals surface area contributed by atoms with E-state index >= 15 is 0 Å². The number of nitrogens with zero attached hydrogens (tertiary/aromatic N) is 1. The summed E-state index contributed by atoms with van der Waals surface area (Å²) in [5.74, 6) is -0.610. The first-order chi connectivity index (χ1) is 8.85. The minimum atomic E-state index is -0.190. The van der Waals surface area contributed by atoms with Crippen molar-refractivity contribution >= 4 is 23.3 Å². The summed E-state index contributed by atoms with van der Waals surface area (Å²) in [5.41, 5.74) is 0.945. The Balaban J connectivity index is 1.91. The molecule has 2 atom stereocenters. The average Bonchev–Trinajstić information content (AvgIpc) is 2.80. The van der Waals surface area contributed by atoms with E-state index < -0.39 is 0 Å². The maximum absolute atomic E-state index is 12.2. The van der Waals surface area contributed by atoms with Crippen LogP contribution in [-0.4, -0.2) is 17.6 Å². The summed E-state index contributed by atoms with van der Waals surface area (Å²) >= 11 is 0. The number of amides is 2. The van der Waals surface area contributed by atoms with Crippen molar-refractivity contribution in [3.8, 4) is 0 Å². The van der Waals surface area contributed by atoms with E-state index in [9.17, 15) is 14.4 Å². The summed E-state index contributed by atoms with van der Waals surface area (Å²) in [6.07, 6.45) is 0. The van der Waals surface area contributed by atoms with Crippen molar-refractivity contribution in [3.63, 3.8) is 0 Å². The van der Waals surface area contributed by atoms with Gasteiger partial charge < -0.3 is 0 Å². The lowest BCUT2D eigenvalue weighted by molar-refractivity contribution is -0.125. The van der Waals surface area contributed by atoms with Crippen LogP contribution in [-0.2, 0) is 9.59 Å². The predicted molar refractivity (Wildman–Crippen MR) is 69.7 cm³/mol. The molecule has 2 fully saturated rings. The summed E-state index contributed by atoms with van der Waals surface area (Å²) in [5, 5.41) is 0. The van der Waals surface area contributed by atoms with Gasteiger partial charge in [0.1, 0.15) is 0 Å². The largest absolute Gasteiger partial charge is 0.295 e. The molecule has 3 rings (SSSR count). The minimum absolute atomic E-state index is 0.0328. The van der Waals surface area contributed by atoms with Gasteiger partial charge in [-0.2, -0.15) is 0 Å². The third-order valence-corrected chi connectivity index (χ3v) is 4.33. The van der Waals surface area contributed by atoms with Crippen molar-refractivity contribution in [1.82, 2.24) is 0 Å². The highest BCUT2D eigenvalue weighted by atomic mass is 16.2. The first kappa shape index (κ1) is 12.1. The quantitative estimate of drug-likeness (QED) is 0.601. The van der Waals surface area contributed by atoms with Crippen molar-refractivity contribution in [2.24, 2.45) is 17.3 Å². The molecule has 1 aliphatic heterocycles. The number of hydrogen-bond donors (Lipinski definition) is 0. The average molecular weight is 257 g/mol. The number of carbonyl (C=O) groups excluding carboxylic acids is 3. The molecule has 0 N–H and O–H groups in total. The molecule has 0 aromatic heterocycles. The van der Waals surface area contributed by atoms with Crippen molar-refractivity contribution < 1.29 is 14.4 Å². The Hall–Kier alpha value is -1.97. The second-order valence-corrected chi connectivity index (χ2v) is 5.89. The Morgan fingerprint density at radius 3 is 1.95 bits per heavy atom. The molecule has 1 heterocycles. The van der Waals surface area contributed by atoms with Gasteiger partial charge in [-0.05, 0) is 36.6 Å². The summed E-state index contributed by atoms with van der Waals surface area (Å²) in [4.78, 5) is 36.9. The topological polar surface area (TPSA) is 54.5 Å². The molecule has 2 aliphatic rings. The van der Waals surface area contributed by atoms with E-state index in [-0.39, 0.29) is 34.8 Å². The second kappa shape index (κ2) is 3.53. The number of fused-ring (bicyclic) bond motifs is 1. The van der Waals surface area contributed by atoms with Crippen LogP contribution < -0.4 is 4.90 Å². The molecule has 1 saturated carbocycles. The highest BCUT2D eigenvalue weighted by Crippen LogP contribution is 2.63. The zero-order chi connectivity index (χ0) is 13.9. The van der Waals surface area contributed by atoms with Gasteiger partial charge in [-0.15, -0.1) is 0 Å². The van der Waals surface area contributed by atoms with Gasteiger partial charge >= 0.3 is 0 Å². The molecular formula is C15H15NO3. The molecule has 4 nitrogen and oxygen atoms in total. The highest BCUT2D eigenvalue weighted by Gasteiger charge is 2.72. The lowest BCUT2D eigenvalue weighted by atomic mass is 10.0. The molecule has 0 bridgehead atoms. The third kappa shape index (κ3) is 1.49. The van der Waals surface area contributed by atoms with Crippen molar-refractivity contribution in [2.45, 2.75) is 20.8 Å². The number of benzene rings is 1. The minimum Gasteiger partial charge on any atom is -0.295 e. The van der Waals surface area contributed by atoms with Gasteiger partial charge in [0.05, 0.1) is 17.5 Å². The van der Waals surface area contributed by atoms with Crippen LogP contribution in [0.15, 0.2) is 24.3 Å². The molecule has 0 spiro atoms. The molecule has 2 unspecified atom stereocenters. The van der Waals surface area contributed by atoms with Gasteiger partial charge in [0, 0.05) is 5.56 Å². The normalized spacial score (nSPS) is 27.4. The van der Waals surface area contributed by atoms with E-state index in [2.05, 4.69) is 0 Å². The standard InChI is InChI=1S/C15H15NO3/c1-8(17)9-4-6-10(7-5-9)16-13(18)11-12(14(16)19)15(11,2)3/h4-7,11-12H,1-3H3. The van der Waals surface area contributed by atoms with E-state index in [0.717, 1.165) is 0 Å². The Morgan fingerprint density at radius 2 is 1.53 bits per heavy atom. The van der Waals surface area contributed by atoms with Crippen molar-refractivity contribution in [1.29, 1.82) is 0 Å². The SMILES string of the molecule is CC(=O)c1ccc(N2C(=O)C3C(C2=O)C3(C)C)cc1. The van der Waals surface area contributed by atoms with E-state index in [4.69, 9.17) is 0 Å². The smallest absolute Gasteiger partial charge is 0.238 e. The molecule has 1 aliphatic carbocycles. The first-order valence-electron chi connectivity index (χ1n) is 6.34. The fraction of sp³-hybridized carbons (Fsp3) is 0.400. The summed E-state index contributed by atoms with van der Waals surface area (Å²) in [6.45, 7) is 5.39. The zero-order valence-electron chi connectivity index (χ0n) is 11.1. The number of carbonyl (C=O) groups is 3. The lowest BCUT2D eigenvalue weighted by Crippen LogP contribution is -2.36. The van der Waals surface area contributed by atoms with Gasteiger partial charge in [-0.1, -0.05) is 13.8 Å². The van der Waals surface area contributed by atoms with Crippen LogP contribution in [0.1, 0.15) is 31.1 Å². The Kier molecular flexibility index (Phi) is 2.24.